The molecule has 0 bridgehead atoms. The maximum atomic E-state index is 11.4. The Morgan fingerprint density at radius 1 is 1.21 bits per heavy atom. The Balaban J connectivity index is 1.86. The van der Waals surface area contributed by atoms with E-state index in [2.05, 4.69) is 17.5 Å². The van der Waals surface area contributed by atoms with Crippen LogP contribution in [0.1, 0.15) is 29.5 Å². The van der Waals surface area contributed by atoms with Crippen LogP contribution in [-0.4, -0.2) is 4.92 Å². The molecule has 4 nitrogen and oxygen atoms in total. The molecule has 0 amide bonds. The number of fused-ring (bicyclic) bond motifs is 3. The number of hydrogen-bond acceptors (Lipinski definition) is 3. The Labute approximate surface area is 149 Å². The van der Waals surface area contributed by atoms with E-state index in [1.54, 1.807) is 18.2 Å². The molecule has 1 aliphatic heterocycles. The van der Waals surface area contributed by atoms with Gasteiger partial charge in [-0.15, -0.1) is 0 Å². The summed E-state index contributed by atoms with van der Waals surface area (Å²) in [5.41, 5.74) is 2.71. The molecule has 4 rings (SSSR count). The van der Waals surface area contributed by atoms with Crippen LogP contribution in [0.25, 0.3) is 0 Å². The number of benzene rings is 2. The van der Waals surface area contributed by atoms with E-state index >= 15 is 0 Å². The minimum absolute atomic E-state index is 0.135. The first-order valence-electron chi connectivity index (χ1n) is 7.71. The SMILES string of the molecule is O=[N+]([O-])c1ccccc1[C@@H]1Nc2cc(Cl)cc(Cl)c2[C@H]2C=CC[C@@H]21. The van der Waals surface area contributed by atoms with Gasteiger partial charge in [0.2, 0.25) is 0 Å². The van der Waals surface area contributed by atoms with Gasteiger partial charge in [-0.25, -0.2) is 0 Å². The molecule has 2 aliphatic rings. The van der Waals surface area contributed by atoms with Gasteiger partial charge in [-0.2, -0.15) is 0 Å². The zero-order chi connectivity index (χ0) is 16.8. The fourth-order valence-corrected chi connectivity index (χ4v) is 4.49. The van der Waals surface area contributed by atoms with Crippen LogP contribution < -0.4 is 5.32 Å². The maximum absolute atomic E-state index is 11.4. The number of hydrogen-bond donors (Lipinski definition) is 1. The molecular weight excluding hydrogens is 347 g/mol. The largest absolute Gasteiger partial charge is 0.377 e. The van der Waals surface area contributed by atoms with E-state index in [-0.39, 0.29) is 28.5 Å². The first kappa shape index (κ1) is 15.5. The van der Waals surface area contributed by atoms with Crippen molar-refractivity contribution in [3.8, 4) is 0 Å². The molecule has 0 saturated carbocycles. The second-order valence-corrected chi connectivity index (χ2v) is 6.98. The number of halogens is 2. The Morgan fingerprint density at radius 2 is 2.00 bits per heavy atom. The van der Waals surface area contributed by atoms with Gasteiger partial charge in [-0.1, -0.05) is 53.6 Å². The minimum Gasteiger partial charge on any atom is -0.377 e. The average molecular weight is 361 g/mol. The van der Waals surface area contributed by atoms with Crippen LogP contribution in [-0.2, 0) is 0 Å². The van der Waals surface area contributed by atoms with Crippen LogP contribution in [0, 0.1) is 16.0 Å². The summed E-state index contributed by atoms with van der Waals surface area (Å²) in [4.78, 5) is 11.1. The van der Waals surface area contributed by atoms with Crippen molar-refractivity contribution < 1.29 is 4.92 Å². The van der Waals surface area contributed by atoms with Crippen LogP contribution in [0.5, 0.6) is 0 Å². The molecule has 0 aromatic heterocycles. The number of rotatable bonds is 2. The molecule has 2 aromatic carbocycles. The quantitative estimate of drug-likeness (QED) is 0.422. The number of nitro benzene ring substituents is 1. The zero-order valence-electron chi connectivity index (χ0n) is 12.6. The number of anilines is 1. The van der Waals surface area contributed by atoms with E-state index in [1.807, 2.05) is 18.2 Å². The van der Waals surface area contributed by atoms with Gasteiger partial charge in [0.15, 0.2) is 0 Å². The molecule has 3 atom stereocenters. The second kappa shape index (κ2) is 5.80. The van der Waals surface area contributed by atoms with E-state index in [9.17, 15) is 10.1 Å². The van der Waals surface area contributed by atoms with Gasteiger partial charge in [0.05, 0.1) is 16.5 Å². The lowest BCUT2D eigenvalue weighted by Crippen LogP contribution is -2.29. The van der Waals surface area contributed by atoms with Gasteiger partial charge in [0.25, 0.3) is 5.69 Å². The zero-order valence-corrected chi connectivity index (χ0v) is 14.1. The lowest BCUT2D eigenvalue weighted by Gasteiger charge is -2.37. The average Bonchev–Trinajstić information content (AvgIpc) is 3.02. The highest BCUT2D eigenvalue weighted by atomic mass is 35.5. The predicted octanol–water partition coefficient (Wildman–Crippen LogP) is 5.73. The van der Waals surface area contributed by atoms with Gasteiger partial charge in [-0.05, 0) is 24.5 Å². The van der Waals surface area contributed by atoms with E-state index < -0.39 is 0 Å². The Bertz CT molecular complexity index is 866. The minimum atomic E-state index is -0.325. The number of nitrogens with one attached hydrogen (secondary N) is 1. The summed E-state index contributed by atoms with van der Waals surface area (Å²) in [6.07, 6.45) is 5.12. The number of para-hydroxylation sites is 1. The van der Waals surface area contributed by atoms with E-state index in [4.69, 9.17) is 23.2 Å². The number of allylic oxidation sites excluding steroid dienone is 2. The Morgan fingerprint density at radius 3 is 2.79 bits per heavy atom. The van der Waals surface area contributed by atoms with Crippen molar-refractivity contribution in [1.82, 2.24) is 0 Å². The molecule has 0 spiro atoms. The van der Waals surface area contributed by atoms with E-state index in [0.717, 1.165) is 17.7 Å². The summed E-state index contributed by atoms with van der Waals surface area (Å²) >= 11 is 12.6. The van der Waals surface area contributed by atoms with Gasteiger partial charge in [0, 0.05) is 33.3 Å². The van der Waals surface area contributed by atoms with Crippen molar-refractivity contribution in [2.45, 2.75) is 18.4 Å². The predicted molar refractivity (Wildman–Crippen MR) is 95.9 cm³/mol. The van der Waals surface area contributed by atoms with Gasteiger partial charge < -0.3 is 5.32 Å². The fourth-order valence-electron chi connectivity index (χ4n) is 3.87. The normalized spacial score (nSPS) is 24.2. The van der Waals surface area contributed by atoms with Gasteiger partial charge in [0.1, 0.15) is 0 Å². The van der Waals surface area contributed by atoms with Crippen LogP contribution in [0.4, 0.5) is 11.4 Å². The summed E-state index contributed by atoms with van der Waals surface area (Å²) in [6, 6.07) is 10.3. The van der Waals surface area contributed by atoms with Crippen LogP contribution in [0.15, 0.2) is 48.6 Å². The third-order valence-corrected chi connectivity index (χ3v) is 5.38. The van der Waals surface area contributed by atoms with Crippen molar-refractivity contribution >= 4 is 34.6 Å². The van der Waals surface area contributed by atoms with Crippen molar-refractivity contribution in [3.05, 3.63) is 79.8 Å². The Hall–Kier alpha value is -2.04. The third kappa shape index (κ3) is 2.38. The van der Waals surface area contributed by atoms with Crippen molar-refractivity contribution in [2.75, 3.05) is 5.32 Å². The molecule has 6 heteroatoms. The van der Waals surface area contributed by atoms with Crippen LogP contribution in [0.2, 0.25) is 10.0 Å². The lowest BCUT2D eigenvalue weighted by atomic mass is 9.76. The monoisotopic (exact) mass is 360 g/mol. The molecule has 24 heavy (non-hydrogen) atoms. The molecule has 1 N–H and O–H groups in total. The molecule has 122 valence electrons. The molecule has 1 heterocycles. The lowest BCUT2D eigenvalue weighted by molar-refractivity contribution is -0.385. The van der Waals surface area contributed by atoms with Crippen LogP contribution >= 0.6 is 23.2 Å². The number of nitro groups is 1. The van der Waals surface area contributed by atoms with Gasteiger partial charge >= 0.3 is 0 Å². The first-order chi connectivity index (χ1) is 11.6. The maximum Gasteiger partial charge on any atom is 0.274 e. The molecular formula is C18H14Cl2N2O2. The van der Waals surface area contributed by atoms with Gasteiger partial charge in [-0.3, -0.25) is 10.1 Å². The van der Waals surface area contributed by atoms with Crippen molar-refractivity contribution in [1.29, 1.82) is 0 Å². The Kier molecular flexibility index (Phi) is 3.74. The van der Waals surface area contributed by atoms with Crippen LogP contribution in [0.3, 0.4) is 0 Å². The molecule has 1 aliphatic carbocycles. The highest BCUT2D eigenvalue weighted by Crippen LogP contribution is 2.53. The number of nitrogens with zero attached hydrogens (tertiary/aromatic N) is 1. The van der Waals surface area contributed by atoms with Crippen molar-refractivity contribution in [3.63, 3.8) is 0 Å². The topological polar surface area (TPSA) is 55.2 Å². The first-order valence-corrected chi connectivity index (χ1v) is 8.47. The summed E-state index contributed by atoms with van der Waals surface area (Å²) in [5, 5.41) is 16.1. The summed E-state index contributed by atoms with van der Waals surface area (Å²) < 4.78 is 0. The molecule has 0 saturated heterocycles. The third-order valence-electron chi connectivity index (χ3n) is 4.85. The van der Waals surface area contributed by atoms with Crippen molar-refractivity contribution in [2.24, 2.45) is 5.92 Å². The molecule has 2 aromatic rings. The van der Waals surface area contributed by atoms with E-state index in [1.165, 1.54) is 0 Å². The summed E-state index contributed by atoms with van der Waals surface area (Å²) in [5.74, 6) is 0.327. The fraction of sp³-hybridized carbons (Fsp3) is 0.222. The molecule has 0 radical (unpaired) electrons. The smallest absolute Gasteiger partial charge is 0.274 e. The summed E-state index contributed by atoms with van der Waals surface area (Å²) in [7, 11) is 0. The summed E-state index contributed by atoms with van der Waals surface area (Å²) in [6.45, 7) is 0. The molecule has 0 fully saturated rings. The second-order valence-electron chi connectivity index (χ2n) is 6.14. The highest BCUT2D eigenvalue weighted by Gasteiger charge is 2.41. The molecule has 0 unspecified atom stereocenters. The van der Waals surface area contributed by atoms with E-state index in [0.29, 0.717) is 15.6 Å². The standard InChI is InChI=1S/C18H14Cl2N2O2/c19-10-8-14(20)17-11-5-3-6-12(11)18(21-15(17)9-10)13-4-1-2-7-16(13)22(23)24/h1-5,7-9,11-12,18,21H,6H2/t11-,12-,18+/m0/s1. The highest BCUT2D eigenvalue weighted by molar-refractivity contribution is 6.35.